The van der Waals surface area contributed by atoms with E-state index >= 15 is 0 Å². The molecule has 5 heteroatoms. The Morgan fingerprint density at radius 3 is 2.94 bits per heavy atom. The normalized spacial score (nSPS) is 22.9. The molecular weight excluding hydrogens is 214 g/mol. The molecule has 0 aromatic heterocycles. The summed E-state index contributed by atoms with van der Waals surface area (Å²) in [5.74, 6) is 0. The Kier molecular flexibility index (Phi) is 6.84. The van der Waals surface area contributed by atoms with Crippen molar-refractivity contribution in [1.29, 1.82) is 0 Å². The van der Waals surface area contributed by atoms with Crippen LogP contribution in [0.15, 0.2) is 0 Å². The van der Waals surface area contributed by atoms with Crippen molar-refractivity contribution >= 4 is 0 Å². The molecule has 1 N–H and O–H groups in total. The molecule has 1 aliphatic rings. The number of hydrogen-bond donors (Lipinski definition) is 1. The number of rotatable bonds is 7. The average Bonchev–Trinajstić information content (AvgIpc) is 2.26. The number of alkyl halides is 2. The highest BCUT2D eigenvalue weighted by molar-refractivity contribution is 4.79. The second-order valence-corrected chi connectivity index (χ2v) is 4.23. The van der Waals surface area contributed by atoms with E-state index in [-0.39, 0.29) is 12.6 Å². The Bertz CT molecular complexity index is 181. The molecule has 1 aliphatic heterocycles. The van der Waals surface area contributed by atoms with E-state index in [1.165, 1.54) is 0 Å². The largest absolute Gasteiger partial charge is 0.383 e. The van der Waals surface area contributed by atoms with Gasteiger partial charge in [0.25, 0.3) is 6.43 Å². The van der Waals surface area contributed by atoms with Gasteiger partial charge in [-0.2, -0.15) is 0 Å². The monoisotopic (exact) mass is 236 g/mol. The molecule has 0 aromatic rings. The smallest absolute Gasteiger partial charge is 0.251 e. The molecule has 16 heavy (non-hydrogen) atoms. The van der Waals surface area contributed by atoms with Gasteiger partial charge < -0.3 is 10.1 Å². The van der Waals surface area contributed by atoms with Gasteiger partial charge in [0, 0.05) is 26.2 Å². The zero-order chi connectivity index (χ0) is 11.8. The van der Waals surface area contributed by atoms with Crippen molar-refractivity contribution in [2.24, 2.45) is 0 Å². The minimum atomic E-state index is -2.22. The maximum absolute atomic E-state index is 12.4. The summed E-state index contributed by atoms with van der Waals surface area (Å²) in [6, 6.07) is 0.264. The van der Waals surface area contributed by atoms with E-state index in [1.807, 2.05) is 4.90 Å². The Morgan fingerprint density at radius 2 is 2.25 bits per heavy atom. The quantitative estimate of drug-likeness (QED) is 0.675. The molecule has 0 aromatic carbocycles. The fraction of sp³-hybridized carbons (Fsp3) is 1.00. The molecule has 0 bridgehead atoms. The molecular formula is C11H22F2N2O. The van der Waals surface area contributed by atoms with Crippen LogP contribution >= 0.6 is 0 Å². The van der Waals surface area contributed by atoms with Gasteiger partial charge in [-0.05, 0) is 19.4 Å². The van der Waals surface area contributed by atoms with E-state index in [0.717, 1.165) is 38.9 Å². The lowest BCUT2D eigenvalue weighted by Crippen LogP contribution is -2.47. The molecule has 0 spiro atoms. The number of nitrogens with zero attached hydrogens (tertiary/aromatic N) is 1. The summed E-state index contributed by atoms with van der Waals surface area (Å²) < 4.78 is 29.6. The fourth-order valence-electron chi connectivity index (χ4n) is 2.15. The van der Waals surface area contributed by atoms with Crippen molar-refractivity contribution < 1.29 is 13.5 Å². The molecule has 0 radical (unpaired) electrons. The standard InChI is InChI=1S/C11H22F2N2O/c1-16-7-5-14-8-10-4-2-3-6-15(10)9-11(12)13/h10-11,14H,2-9H2,1H3. The number of likely N-dealkylation sites (tertiary alicyclic amines) is 1. The molecule has 1 saturated heterocycles. The molecule has 0 aliphatic carbocycles. The van der Waals surface area contributed by atoms with Crippen LogP contribution in [-0.2, 0) is 4.74 Å². The van der Waals surface area contributed by atoms with Crippen molar-refractivity contribution in [2.45, 2.75) is 31.7 Å². The number of methoxy groups -OCH3 is 1. The topological polar surface area (TPSA) is 24.5 Å². The Labute approximate surface area is 96.1 Å². The summed E-state index contributed by atoms with van der Waals surface area (Å²) in [6.07, 6.45) is 0.990. The minimum absolute atomic E-state index is 0.0867. The van der Waals surface area contributed by atoms with E-state index in [9.17, 15) is 8.78 Å². The van der Waals surface area contributed by atoms with Gasteiger partial charge in [0.2, 0.25) is 0 Å². The highest BCUT2D eigenvalue weighted by Gasteiger charge is 2.24. The number of halogens is 2. The molecule has 1 unspecified atom stereocenters. The average molecular weight is 236 g/mol. The molecule has 3 nitrogen and oxygen atoms in total. The molecule has 96 valence electrons. The van der Waals surface area contributed by atoms with E-state index in [4.69, 9.17) is 4.74 Å². The zero-order valence-corrected chi connectivity index (χ0v) is 9.92. The van der Waals surface area contributed by atoms with Crippen LogP contribution in [0.5, 0.6) is 0 Å². The Hall–Kier alpha value is -0.260. The van der Waals surface area contributed by atoms with E-state index in [2.05, 4.69) is 5.32 Å². The van der Waals surface area contributed by atoms with Crippen molar-refractivity contribution in [3.63, 3.8) is 0 Å². The third kappa shape index (κ3) is 5.18. The van der Waals surface area contributed by atoms with E-state index in [0.29, 0.717) is 6.61 Å². The van der Waals surface area contributed by atoms with Crippen LogP contribution < -0.4 is 5.32 Å². The second kappa shape index (κ2) is 7.92. The predicted molar refractivity (Wildman–Crippen MR) is 60.0 cm³/mol. The van der Waals surface area contributed by atoms with Gasteiger partial charge >= 0.3 is 0 Å². The minimum Gasteiger partial charge on any atom is -0.383 e. The Morgan fingerprint density at radius 1 is 1.44 bits per heavy atom. The molecule has 1 rings (SSSR count). The van der Waals surface area contributed by atoms with Crippen molar-refractivity contribution in [2.75, 3.05) is 39.9 Å². The molecule has 0 amide bonds. The second-order valence-electron chi connectivity index (χ2n) is 4.23. The van der Waals surface area contributed by atoms with Crippen molar-refractivity contribution in [1.82, 2.24) is 10.2 Å². The van der Waals surface area contributed by atoms with Crippen LogP contribution in [-0.4, -0.2) is 57.3 Å². The fourth-order valence-corrected chi connectivity index (χ4v) is 2.15. The van der Waals surface area contributed by atoms with Gasteiger partial charge in [0.15, 0.2) is 0 Å². The summed E-state index contributed by atoms with van der Waals surface area (Å²) in [4.78, 5) is 1.91. The Balaban J connectivity index is 2.23. The van der Waals surface area contributed by atoms with Crippen molar-refractivity contribution in [3.05, 3.63) is 0 Å². The first-order valence-corrected chi connectivity index (χ1v) is 5.96. The van der Waals surface area contributed by atoms with Gasteiger partial charge in [-0.15, -0.1) is 0 Å². The number of piperidine rings is 1. The van der Waals surface area contributed by atoms with Crippen LogP contribution in [0.25, 0.3) is 0 Å². The first-order chi connectivity index (χ1) is 7.74. The first-order valence-electron chi connectivity index (χ1n) is 5.96. The summed E-state index contributed by atoms with van der Waals surface area (Å²) in [6.45, 7) is 2.96. The zero-order valence-electron chi connectivity index (χ0n) is 9.92. The predicted octanol–water partition coefficient (Wildman–Crippen LogP) is 1.34. The summed E-state index contributed by atoms with van der Waals surface area (Å²) in [7, 11) is 1.66. The molecule has 1 heterocycles. The molecule has 1 fully saturated rings. The number of nitrogens with one attached hydrogen (secondary N) is 1. The van der Waals surface area contributed by atoms with Crippen LogP contribution in [0.2, 0.25) is 0 Å². The highest BCUT2D eigenvalue weighted by atomic mass is 19.3. The summed E-state index contributed by atoms with van der Waals surface area (Å²) in [5, 5.41) is 3.25. The summed E-state index contributed by atoms with van der Waals surface area (Å²) >= 11 is 0. The lowest BCUT2D eigenvalue weighted by atomic mass is 10.0. The van der Waals surface area contributed by atoms with Gasteiger partial charge in [-0.25, -0.2) is 8.78 Å². The van der Waals surface area contributed by atoms with Crippen LogP contribution in [0.4, 0.5) is 8.78 Å². The maximum Gasteiger partial charge on any atom is 0.251 e. The van der Waals surface area contributed by atoms with Crippen LogP contribution in [0.3, 0.4) is 0 Å². The van der Waals surface area contributed by atoms with E-state index < -0.39 is 6.43 Å². The van der Waals surface area contributed by atoms with Crippen molar-refractivity contribution in [3.8, 4) is 0 Å². The third-order valence-electron chi connectivity index (χ3n) is 2.98. The van der Waals surface area contributed by atoms with Crippen LogP contribution in [0, 0.1) is 0 Å². The summed E-state index contributed by atoms with van der Waals surface area (Å²) in [5.41, 5.74) is 0. The number of ether oxygens (including phenoxy) is 1. The molecule has 0 saturated carbocycles. The van der Waals surface area contributed by atoms with Gasteiger partial charge in [-0.3, -0.25) is 4.90 Å². The SMILES string of the molecule is COCCNCC1CCCCN1CC(F)F. The highest BCUT2D eigenvalue weighted by Crippen LogP contribution is 2.17. The first kappa shape index (κ1) is 13.8. The lowest BCUT2D eigenvalue weighted by molar-refractivity contribution is 0.0487. The van der Waals surface area contributed by atoms with Gasteiger partial charge in [-0.1, -0.05) is 6.42 Å². The third-order valence-corrected chi connectivity index (χ3v) is 2.98. The molecule has 1 atom stereocenters. The van der Waals surface area contributed by atoms with Gasteiger partial charge in [0.05, 0.1) is 13.2 Å². The van der Waals surface area contributed by atoms with Gasteiger partial charge in [0.1, 0.15) is 0 Å². The van der Waals surface area contributed by atoms with E-state index in [1.54, 1.807) is 7.11 Å². The van der Waals surface area contributed by atoms with Crippen LogP contribution in [0.1, 0.15) is 19.3 Å². The maximum atomic E-state index is 12.4. The number of hydrogen-bond acceptors (Lipinski definition) is 3. The lowest BCUT2D eigenvalue weighted by Gasteiger charge is -2.35.